The second-order valence-corrected chi connectivity index (χ2v) is 12.4. The minimum atomic E-state index is -5.04. The number of aliphatic hydroxyl groups is 1. The molecule has 1 saturated carbocycles. The van der Waals surface area contributed by atoms with Crippen LogP contribution in [-0.4, -0.2) is 82.1 Å². The summed E-state index contributed by atoms with van der Waals surface area (Å²) in [6, 6.07) is 0.0791. The van der Waals surface area contributed by atoms with Crippen LogP contribution in [0.5, 0.6) is 0 Å². The van der Waals surface area contributed by atoms with E-state index >= 15 is 0 Å². The summed E-state index contributed by atoms with van der Waals surface area (Å²) in [6.07, 6.45) is -6.55. The number of amides is 1. The molecule has 3 rings (SSSR count). The van der Waals surface area contributed by atoms with Gasteiger partial charge in [0.1, 0.15) is 6.10 Å². The summed E-state index contributed by atoms with van der Waals surface area (Å²) >= 11 is 0. The third-order valence-corrected chi connectivity index (χ3v) is 9.05. The number of benzene rings is 1. The maximum atomic E-state index is 13.8. The number of piperidine rings is 1. The second-order valence-electron chi connectivity index (χ2n) is 12.4. The van der Waals surface area contributed by atoms with Crippen molar-refractivity contribution >= 4 is 24.7 Å². The highest BCUT2D eigenvalue weighted by molar-refractivity contribution is 5.85. The number of hydrogen-bond acceptors (Lipinski definition) is 6. The third-order valence-electron chi connectivity index (χ3n) is 9.05. The Hall–Kier alpha value is -3.82. The maximum Gasteiger partial charge on any atom is 0.416 e. The standard InChI is InChI=1S/C33H45F6N5O5/c1-5-25-16-27(17-26(6-2)44(25)31(48)49-28-9-7-22(8-10-28)29(46)47)43(30(40-4)42-18-20(3)41-11-12-45)19-21-13-23(32(34,35)36)15-24(14-21)33(37,38)39/h13-15,18,22,25-28,41,45H,4-12,16-17,19H2,1-3H3,(H,46,47)/b20-18+,42-30+/t22-,25-,26+,27+,28-. The van der Waals surface area contributed by atoms with E-state index in [1.807, 2.05) is 13.8 Å². The number of aliphatic imine (C=N–C) groups is 2. The zero-order chi connectivity index (χ0) is 36.5. The number of halogens is 6. The molecule has 1 amide bonds. The van der Waals surface area contributed by atoms with Gasteiger partial charge in [0, 0.05) is 43.1 Å². The van der Waals surface area contributed by atoms with Gasteiger partial charge in [0.05, 0.1) is 23.7 Å². The van der Waals surface area contributed by atoms with E-state index < -0.39 is 72.2 Å². The number of guanidine groups is 1. The van der Waals surface area contributed by atoms with Crippen molar-refractivity contribution in [2.75, 3.05) is 13.2 Å². The summed E-state index contributed by atoms with van der Waals surface area (Å²) < 4.78 is 88.4. The zero-order valence-electron chi connectivity index (χ0n) is 27.9. The first-order valence-electron chi connectivity index (χ1n) is 16.3. The number of carboxylic acid groups (broad SMARTS) is 1. The van der Waals surface area contributed by atoms with Crippen LogP contribution in [0.1, 0.15) is 88.8 Å². The topological polar surface area (TPSA) is 127 Å². The molecule has 0 radical (unpaired) electrons. The van der Waals surface area contributed by atoms with Crippen LogP contribution in [0.3, 0.4) is 0 Å². The monoisotopic (exact) mass is 705 g/mol. The van der Waals surface area contributed by atoms with E-state index in [0.717, 1.165) is 0 Å². The Labute approximate surface area is 281 Å². The van der Waals surface area contributed by atoms with Gasteiger partial charge >= 0.3 is 24.4 Å². The predicted molar refractivity (Wildman–Crippen MR) is 171 cm³/mol. The summed E-state index contributed by atoms with van der Waals surface area (Å²) in [5, 5.41) is 21.3. The molecule has 1 aliphatic carbocycles. The van der Waals surface area contributed by atoms with Gasteiger partial charge in [0.2, 0.25) is 5.96 Å². The molecular weight excluding hydrogens is 660 g/mol. The number of aliphatic carboxylic acids is 1. The van der Waals surface area contributed by atoms with E-state index in [4.69, 9.17) is 9.84 Å². The Morgan fingerprint density at radius 2 is 1.57 bits per heavy atom. The summed E-state index contributed by atoms with van der Waals surface area (Å²) in [4.78, 5) is 36.5. The van der Waals surface area contributed by atoms with E-state index in [2.05, 4.69) is 22.0 Å². The first-order valence-corrected chi connectivity index (χ1v) is 16.3. The molecule has 16 heteroatoms. The number of ether oxygens (including phenoxy) is 1. The molecule has 2 aliphatic rings. The number of carbonyl (C=O) groups excluding carboxylic acids is 1. The van der Waals surface area contributed by atoms with E-state index in [0.29, 0.717) is 56.4 Å². The Kier molecular flexibility index (Phi) is 13.9. The Morgan fingerprint density at radius 1 is 1.02 bits per heavy atom. The molecule has 10 nitrogen and oxygen atoms in total. The Bertz CT molecular complexity index is 1310. The summed E-state index contributed by atoms with van der Waals surface area (Å²) in [5.41, 5.74) is -2.64. The first kappa shape index (κ1) is 39.6. The van der Waals surface area contributed by atoms with Gasteiger partial charge in [0.25, 0.3) is 0 Å². The molecule has 1 aromatic rings. The zero-order valence-corrected chi connectivity index (χ0v) is 27.9. The lowest BCUT2D eigenvalue weighted by Gasteiger charge is -2.48. The number of carboxylic acids is 1. The van der Waals surface area contributed by atoms with E-state index in [9.17, 15) is 41.0 Å². The van der Waals surface area contributed by atoms with Crippen LogP contribution in [0.2, 0.25) is 0 Å². The average molecular weight is 706 g/mol. The molecule has 0 spiro atoms. The number of rotatable bonds is 11. The van der Waals surface area contributed by atoms with Gasteiger partial charge in [-0.05, 0) is 88.8 Å². The Morgan fingerprint density at radius 3 is 2.02 bits per heavy atom. The van der Waals surface area contributed by atoms with Crippen molar-refractivity contribution in [1.82, 2.24) is 15.1 Å². The largest absolute Gasteiger partial charge is 0.481 e. The van der Waals surface area contributed by atoms with Crippen LogP contribution in [0.15, 0.2) is 40.1 Å². The highest BCUT2D eigenvalue weighted by atomic mass is 19.4. The van der Waals surface area contributed by atoms with Crippen molar-refractivity contribution in [2.45, 2.75) is 115 Å². The highest BCUT2D eigenvalue weighted by Crippen LogP contribution is 2.38. The summed E-state index contributed by atoms with van der Waals surface area (Å²) in [5.74, 6) is -1.40. The van der Waals surface area contributed by atoms with E-state index in [-0.39, 0.29) is 43.6 Å². The third kappa shape index (κ3) is 10.8. The lowest BCUT2D eigenvalue weighted by Crippen LogP contribution is -2.57. The molecule has 49 heavy (non-hydrogen) atoms. The van der Waals surface area contributed by atoms with Crippen LogP contribution in [-0.2, 0) is 28.4 Å². The van der Waals surface area contributed by atoms with Gasteiger partial charge in [-0.1, -0.05) is 13.8 Å². The van der Waals surface area contributed by atoms with Crippen LogP contribution in [0.4, 0.5) is 31.1 Å². The van der Waals surface area contributed by atoms with E-state index in [1.54, 1.807) is 11.8 Å². The number of likely N-dealkylation sites (tertiary alicyclic amines) is 1. The van der Waals surface area contributed by atoms with Gasteiger partial charge < -0.3 is 30.1 Å². The van der Waals surface area contributed by atoms with Crippen molar-refractivity contribution in [3.8, 4) is 0 Å². The Balaban J connectivity index is 1.99. The molecule has 0 bridgehead atoms. The molecule has 0 unspecified atom stereocenters. The maximum absolute atomic E-state index is 13.8. The first-order chi connectivity index (χ1) is 23.0. The number of aliphatic hydroxyl groups excluding tert-OH is 1. The molecular formula is C33H45F6N5O5. The fourth-order valence-electron chi connectivity index (χ4n) is 6.49. The normalized spacial score (nSPS) is 24.0. The van der Waals surface area contributed by atoms with Crippen LogP contribution in [0, 0.1) is 5.92 Å². The molecule has 1 heterocycles. The molecule has 2 fully saturated rings. The van der Waals surface area contributed by atoms with Gasteiger partial charge in [-0.3, -0.25) is 4.79 Å². The minimum absolute atomic E-state index is 0.0444. The molecule has 0 aromatic heterocycles. The number of nitrogens with zero attached hydrogens (tertiary/aromatic N) is 4. The summed E-state index contributed by atoms with van der Waals surface area (Å²) in [7, 11) is 0. The number of allylic oxidation sites excluding steroid dienone is 1. The van der Waals surface area contributed by atoms with Crippen molar-refractivity contribution in [3.05, 3.63) is 46.8 Å². The fraction of sp³-hybridized carbons (Fsp3) is 0.636. The van der Waals surface area contributed by atoms with Crippen LogP contribution in [0.25, 0.3) is 0 Å². The van der Waals surface area contributed by atoms with Gasteiger partial charge in [-0.15, -0.1) is 0 Å². The fourth-order valence-corrected chi connectivity index (χ4v) is 6.49. The van der Waals surface area contributed by atoms with Crippen molar-refractivity contribution in [1.29, 1.82) is 0 Å². The lowest BCUT2D eigenvalue weighted by atomic mass is 9.87. The van der Waals surface area contributed by atoms with E-state index in [1.165, 1.54) is 11.1 Å². The van der Waals surface area contributed by atoms with Gasteiger partial charge in [-0.2, -0.15) is 26.3 Å². The van der Waals surface area contributed by atoms with Crippen LogP contribution < -0.4 is 5.32 Å². The molecule has 3 N–H and O–H groups in total. The van der Waals surface area contributed by atoms with Gasteiger partial charge in [-0.25, -0.2) is 14.8 Å². The highest BCUT2D eigenvalue weighted by Gasteiger charge is 2.42. The SMILES string of the molecule is C=N/C(=N\C=C(/C)NCCO)N(Cc1cc(C(F)(F)F)cc(C(F)(F)F)c1)[C@H]1C[C@@H](CC)N(C(=O)O[C@H]2CC[C@H](C(=O)O)CC2)[C@@H](CC)C1. The minimum Gasteiger partial charge on any atom is -0.481 e. The van der Waals surface area contributed by atoms with Crippen molar-refractivity contribution < 1.29 is 50.9 Å². The number of carbonyl (C=O) groups is 2. The quantitative estimate of drug-likeness (QED) is 0.131. The van der Waals surface area contributed by atoms with Crippen LogP contribution >= 0.6 is 0 Å². The van der Waals surface area contributed by atoms with Crippen molar-refractivity contribution in [2.24, 2.45) is 15.9 Å². The number of nitrogens with one attached hydrogen (secondary N) is 1. The molecule has 274 valence electrons. The van der Waals surface area contributed by atoms with Gasteiger partial charge in [0.15, 0.2) is 0 Å². The smallest absolute Gasteiger partial charge is 0.416 e. The number of hydrogen-bond donors (Lipinski definition) is 3. The molecule has 1 aliphatic heterocycles. The molecule has 1 aromatic carbocycles. The second kappa shape index (κ2) is 17.2. The predicted octanol–water partition coefficient (Wildman–Crippen LogP) is 6.83. The molecule has 3 atom stereocenters. The van der Waals surface area contributed by atoms with Crippen molar-refractivity contribution in [3.63, 3.8) is 0 Å². The number of alkyl halides is 6. The lowest BCUT2D eigenvalue weighted by molar-refractivity contribution is -0.144. The average Bonchev–Trinajstić information content (AvgIpc) is 3.05. The summed E-state index contributed by atoms with van der Waals surface area (Å²) in [6.45, 7) is 8.61. The molecule has 1 saturated heterocycles.